The van der Waals surface area contributed by atoms with Gasteiger partial charge in [0, 0.05) is 23.2 Å². The Morgan fingerprint density at radius 2 is 1.79 bits per heavy atom. The highest BCUT2D eigenvalue weighted by molar-refractivity contribution is 6.30. The van der Waals surface area contributed by atoms with E-state index in [1.807, 2.05) is 67.5 Å². The van der Waals surface area contributed by atoms with Crippen LogP contribution in [0.25, 0.3) is 21.9 Å². The first-order chi connectivity index (χ1) is 14.0. The number of carbonyl (C=O) groups is 1. The summed E-state index contributed by atoms with van der Waals surface area (Å²) in [6, 6.07) is 20.0. The number of amides is 1. The Labute approximate surface area is 176 Å². The SMILES string of the molecule is CN(C)[C@H]1C[C@@H](CO)N(C(=O)c2ccc3cc(-c4cccc(Cl)c4)ccc3c2)C1. The summed E-state index contributed by atoms with van der Waals surface area (Å²) in [5, 5.41) is 12.5. The highest BCUT2D eigenvalue weighted by Crippen LogP contribution is 2.28. The second kappa shape index (κ2) is 8.15. The molecule has 150 valence electrons. The van der Waals surface area contributed by atoms with Gasteiger partial charge in [0.2, 0.25) is 0 Å². The molecule has 29 heavy (non-hydrogen) atoms. The normalized spacial score (nSPS) is 19.3. The molecule has 0 saturated carbocycles. The lowest BCUT2D eigenvalue weighted by molar-refractivity contribution is 0.0673. The Bertz CT molecular complexity index is 1050. The summed E-state index contributed by atoms with van der Waals surface area (Å²) in [4.78, 5) is 17.1. The Hall–Kier alpha value is -2.40. The van der Waals surface area contributed by atoms with Gasteiger partial charge in [-0.05, 0) is 72.7 Å². The van der Waals surface area contributed by atoms with Crippen molar-refractivity contribution in [3.8, 4) is 11.1 Å². The van der Waals surface area contributed by atoms with Crippen molar-refractivity contribution < 1.29 is 9.90 Å². The van der Waals surface area contributed by atoms with Crippen LogP contribution < -0.4 is 0 Å². The molecule has 1 saturated heterocycles. The van der Waals surface area contributed by atoms with Crippen LogP contribution in [0, 0.1) is 0 Å². The molecule has 0 unspecified atom stereocenters. The zero-order valence-corrected chi connectivity index (χ0v) is 17.4. The summed E-state index contributed by atoms with van der Waals surface area (Å²) in [6.45, 7) is 0.634. The molecule has 5 heteroatoms. The summed E-state index contributed by atoms with van der Waals surface area (Å²) < 4.78 is 0. The Morgan fingerprint density at radius 1 is 1.07 bits per heavy atom. The minimum atomic E-state index is -0.129. The van der Waals surface area contributed by atoms with Gasteiger partial charge in [-0.15, -0.1) is 0 Å². The van der Waals surface area contributed by atoms with Crippen molar-refractivity contribution in [2.24, 2.45) is 0 Å². The Morgan fingerprint density at radius 3 is 2.52 bits per heavy atom. The van der Waals surface area contributed by atoms with E-state index in [0.29, 0.717) is 17.1 Å². The van der Waals surface area contributed by atoms with Crippen molar-refractivity contribution in [1.82, 2.24) is 9.80 Å². The number of nitrogens with zero attached hydrogens (tertiary/aromatic N) is 2. The smallest absolute Gasteiger partial charge is 0.254 e. The van der Waals surface area contributed by atoms with Gasteiger partial charge in [0.15, 0.2) is 0 Å². The van der Waals surface area contributed by atoms with Gasteiger partial charge in [0.05, 0.1) is 12.6 Å². The Kier molecular flexibility index (Phi) is 5.59. The molecule has 0 spiro atoms. The summed E-state index contributed by atoms with van der Waals surface area (Å²) in [7, 11) is 4.03. The summed E-state index contributed by atoms with van der Waals surface area (Å²) in [5.74, 6) is -0.0192. The first-order valence-electron chi connectivity index (χ1n) is 9.84. The molecule has 4 rings (SSSR count). The average Bonchev–Trinajstić information content (AvgIpc) is 3.17. The molecule has 4 nitrogen and oxygen atoms in total. The number of hydrogen-bond acceptors (Lipinski definition) is 3. The maximum absolute atomic E-state index is 13.1. The lowest BCUT2D eigenvalue weighted by Gasteiger charge is -2.23. The van der Waals surface area contributed by atoms with Gasteiger partial charge < -0.3 is 14.9 Å². The molecule has 2 atom stereocenters. The van der Waals surface area contributed by atoms with Crippen LogP contribution in [0.3, 0.4) is 0 Å². The summed E-state index contributed by atoms with van der Waals surface area (Å²) in [6.07, 6.45) is 0.797. The molecule has 3 aromatic rings. The molecule has 1 aliphatic rings. The van der Waals surface area contributed by atoms with Crippen molar-refractivity contribution in [2.75, 3.05) is 27.2 Å². The van der Waals surface area contributed by atoms with Crippen molar-refractivity contribution >= 4 is 28.3 Å². The fourth-order valence-electron chi connectivity index (χ4n) is 4.08. The van der Waals surface area contributed by atoms with Crippen LogP contribution in [0.5, 0.6) is 0 Å². The van der Waals surface area contributed by atoms with Gasteiger partial charge in [-0.2, -0.15) is 0 Å². The van der Waals surface area contributed by atoms with Crippen LogP contribution in [0.4, 0.5) is 0 Å². The first kappa shape index (κ1) is 19.9. The van der Waals surface area contributed by atoms with Crippen molar-refractivity contribution in [3.05, 3.63) is 71.2 Å². The van der Waals surface area contributed by atoms with Crippen LogP contribution >= 0.6 is 11.6 Å². The second-order valence-electron chi connectivity index (χ2n) is 7.93. The van der Waals surface area contributed by atoms with E-state index in [4.69, 9.17) is 11.6 Å². The third-order valence-corrected chi connectivity index (χ3v) is 6.07. The largest absolute Gasteiger partial charge is 0.394 e. The number of aliphatic hydroxyl groups excluding tert-OH is 1. The summed E-state index contributed by atoms with van der Waals surface area (Å²) in [5.41, 5.74) is 2.82. The number of likely N-dealkylation sites (N-methyl/N-ethyl adjacent to an activating group) is 1. The van der Waals surface area contributed by atoms with Gasteiger partial charge in [0.1, 0.15) is 0 Å². The molecule has 0 bridgehead atoms. The molecule has 1 amide bonds. The van der Waals surface area contributed by atoms with E-state index >= 15 is 0 Å². The fraction of sp³-hybridized carbons (Fsp3) is 0.292. The molecule has 0 radical (unpaired) electrons. The molecule has 1 heterocycles. The molecule has 1 aliphatic heterocycles. The fourth-order valence-corrected chi connectivity index (χ4v) is 4.27. The van der Waals surface area contributed by atoms with E-state index in [1.54, 1.807) is 0 Å². The number of halogens is 1. The number of benzene rings is 3. The molecular formula is C24H25ClN2O2. The van der Waals surface area contributed by atoms with Crippen LogP contribution in [-0.2, 0) is 0 Å². The zero-order valence-electron chi connectivity index (χ0n) is 16.7. The topological polar surface area (TPSA) is 43.8 Å². The van der Waals surface area contributed by atoms with Gasteiger partial charge in [-0.3, -0.25) is 4.79 Å². The monoisotopic (exact) mass is 408 g/mol. The number of fused-ring (bicyclic) bond motifs is 1. The van der Waals surface area contributed by atoms with Gasteiger partial charge in [0.25, 0.3) is 5.91 Å². The number of carbonyl (C=O) groups excluding carboxylic acids is 1. The first-order valence-corrected chi connectivity index (χ1v) is 10.2. The molecule has 1 N–H and O–H groups in total. The third-order valence-electron chi connectivity index (χ3n) is 5.84. The van der Waals surface area contributed by atoms with Crippen molar-refractivity contribution in [1.29, 1.82) is 0 Å². The van der Waals surface area contributed by atoms with Crippen LogP contribution in [0.15, 0.2) is 60.7 Å². The van der Waals surface area contributed by atoms with Gasteiger partial charge in [-0.25, -0.2) is 0 Å². The predicted molar refractivity (Wildman–Crippen MR) is 118 cm³/mol. The number of rotatable bonds is 4. The molecule has 0 aliphatic carbocycles. The lowest BCUT2D eigenvalue weighted by atomic mass is 9.99. The van der Waals surface area contributed by atoms with E-state index in [9.17, 15) is 9.90 Å². The van der Waals surface area contributed by atoms with Gasteiger partial charge in [-0.1, -0.05) is 41.9 Å². The average molecular weight is 409 g/mol. The minimum Gasteiger partial charge on any atom is -0.394 e. The molecular weight excluding hydrogens is 384 g/mol. The standard InChI is InChI=1S/C24H25ClN2O2/c1-26(2)22-13-23(15-28)27(14-22)24(29)20-9-8-18-10-17(6-7-19(18)11-20)16-4-3-5-21(25)12-16/h3-12,22-23,28H,13-15H2,1-2H3/t22-,23-/m0/s1. The number of likely N-dealkylation sites (tertiary alicyclic amines) is 1. The van der Waals surface area contributed by atoms with Gasteiger partial charge >= 0.3 is 0 Å². The lowest BCUT2D eigenvalue weighted by Crippen LogP contribution is -2.38. The van der Waals surface area contributed by atoms with E-state index in [-0.39, 0.29) is 24.6 Å². The third kappa shape index (κ3) is 4.01. The maximum atomic E-state index is 13.1. The summed E-state index contributed by atoms with van der Waals surface area (Å²) >= 11 is 6.12. The van der Waals surface area contributed by atoms with E-state index < -0.39 is 0 Å². The quantitative estimate of drug-likeness (QED) is 0.700. The molecule has 1 fully saturated rings. The van der Waals surface area contributed by atoms with Crippen LogP contribution in [-0.4, -0.2) is 60.1 Å². The molecule has 0 aromatic heterocycles. The van der Waals surface area contributed by atoms with Crippen LogP contribution in [0.1, 0.15) is 16.8 Å². The van der Waals surface area contributed by atoms with E-state index in [2.05, 4.69) is 17.0 Å². The molecule has 3 aromatic carbocycles. The number of aliphatic hydroxyl groups is 1. The highest BCUT2D eigenvalue weighted by Gasteiger charge is 2.36. The number of hydrogen-bond donors (Lipinski definition) is 1. The maximum Gasteiger partial charge on any atom is 0.254 e. The predicted octanol–water partition coefficient (Wildman–Crippen LogP) is 4.30. The Balaban J connectivity index is 1.62. The highest BCUT2D eigenvalue weighted by atomic mass is 35.5. The van der Waals surface area contributed by atoms with E-state index in [0.717, 1.165) is 28.3 Å². The van der Waals surface area contributed by atoms with Crippen LogP contribution in [0.2, 0.25) is 5.02 Å². The zero-order chi connectivity index (χ0) is 20.5. The van der Waals surface area contributed by atoms with Crippen molar-refractivity contribution in [3.63, 3.8) is 0 Å². The van der Waals surface area contributed by atoms with E-state index in [1.165, 1.54) is 0 Å². The minimum absolute atomic E-state index is 0.00729. The second-order valence-corrected chi connectivity index (χ2v) is 8.37. The van der Waals surface area contributed by atoms with Crippen molar-refractivity contribution in [2.45, 2.75) is 18.5 Å².